The van der Waals surface area contributed by atoms with Crippen LogP contribution in [0.25, 0.3) is 11.3 Å². The second-order valence-electron chi connectivity index (χ2n) is 7.62. The number of hydrogen-bond acceptors (Lipinski definition) is 5. The molecule has 1 heterocycles. The fraction of sp³-hybridized carbons (Fsp3) is 0.192. The monoisotopic (exact) mass is 442 g/mol. The first-order chi connectivity index (χ1) is 16.2. The van der Waals surface area contributed by atoms with Crippen molar-refractivity contribution >= 4 is 5.91 Å². The van der Waals surface area contributed by atoms with Crippen LogP contribution in [0.3, 0.4) is 0 Å². The van der Waals surface area contributed by atoms with Gasteiger partial charge in [0.05, 0.1) is 33.0 Å². The maximum atomic E-state index is 12.8. The third-order valence-electron chi connectivity index (χ3n) is 5.32. The lowest BCUT2D eigenvalue weighted by atomic mass is 10.1. The maximum absolute atomic E-state index is 12.8. The van der Waals surface area contributed by atoms with E-state index in [1.165, 1.54) is 0 Å². The van der Waals surface area contributed by atoms with Crippen LogP contribution in [0.2, 0.25) is 0 Å². The highest BCUT2D eigenvalue weighted by Gasteiger charge is 2.17. The van der Waals surface area contributed by atoms with Gasteiger partial charge >= 0.3 is 0 Å². The SMILES string of the molecule is COc1ccc(-c2cn(C[C@H](Cc3ccccc3)NC(=O)c3ccccc3)nn2)cc1OC. The summed E-state index contributed by atoms with van der Waals surface area (Å²) in [5.41, 5.74) is 3.34. The van der Waals surface area contributed by atoms with Gasteiger partial charge in [-0.2, -0.15) is 0 Å². The summed E-state index contributed by atoms with van der Waals surface area (Å²) in [7, 11) is 3.20. The Morgan fingerprint density at radius 1 is 0.939 bits per heavy atom. The van der Waals surface area contributed by atoms with E-state index in [1.54, 1.807) is 31.0 Å². The molecule has 0 aliphatic carbocycles. The second kappa shape index (κ2) is 10.5. The summed E-state index contributed by atoms with van der Waals surface area (Å²) in [6, 6.07) is 24.7. The lowest BCUT2D eigenvalue weighted by Crippen LogP contribution is -2.39. The van der Waals surface area contributed by atoms with E-state index in [0.29, 0.717) is 35.7 Å². The van der Waals surface area contributed by atoms with Gasteiger partial charge in [0.2, 0.25) is 0 Å². The summed E-state index contributed by atoms with van der Waals surface area (Å²) < 4.78 is 12.5. The van der Waals surface area contributed by atoms with Gasteiger partial charge in [0.25, 0.3) is 5.91 Å². The Hall–Kier alpha value is -4.13. The summed E-state index contributed by atoms with van der Waals surface area (Å²) in [5, 5.41) is 11.8. The van der Waals surface area contributed by atoms with Crippen molar-refractivity contribution in [3.05, 3.63) is 96.2 Å². The van der Waals surface area contributed by atoms with Crippen molar-refractivity contribution in [2.75, 3.05) is 14.2 Å². The topological polar surface area (TPSA) is 78.3 Å². The number of nitrogens with one attached hydrogen (secondary N) is 1. The zero-order valence-electron chi connectivity index (χ0n) is 18.6. The molecule has 4 aromatic rings. The number of rotatable bonds is 9. The van der Waals surface area contributed by atoms with E-state index in [-0.39, 0.29) is 11.9 Å². The molecular weight excluding hydrogens is 416 g/mol. The number of hydrogen-bond donors (Lipinski definition) is 1. The Labute approximate surface area is 193 Å². The van der Waals surface area contributed by atoms with E-state index >= 15 is 0 Å². The predicted octanol–water partition coefficient (Wildman–Crippen LogP) is 4.00. The molecule has 0 radical (unpaired) electrons. The van der Waals surface area contributed by atoms with Crippen LogP contribution in [0.15, 0.2) is 85.1 Å². The largest absolute Gasteiger partial charge is 0.493 e. The molecule has 1 amide bonds. The van der Waals surface area contributed by atoms with Crippen molar-refractivity contribution in [1.29, 1.82) is 0 Å². The van der Waals surface area contributed by atoms with Gasteiger partial charge in [-0.1, -0.05) is 53.7 Å². The van der Waals surface area contributed by atoms with E-state index in [1.807, 2.05) is 60.8 Å². The molecule has 7 nitrogen and oxygen atoms in total. The molecule has 33 heavy (non-hydrogen) atoms. The van der Waals surface area contributed by atoms with E-state index in [4.69, 9.17) is 9.47 Å². The van der Waals surface area contributed by atoms with Crippen LogP contribution in [-0.2, 0) is 13.0 Å². The summed E-state index contributed by atoms with van der Waals surface area (Å²) in [6.07, 6.45) is 2.54. The molecule has 0 unspecified atom stereocenters. The molecule has 0 fully saturated rings. The van der Waals surface area contributed by atoms with E-state index < -0.39 is 0 Å². The zero-order chi connectivity index (χ0) is 23.0. The minimum atomic E-state index is -0.167. The highest BCUT2D eigenvalue weighted by Crippen LogP contribution is 2.31. The number of amides is 1. The summed E-state index contributed by atoms with van der Waals surface area (Å²) in [4.78, 5) is 12.8. The normalized spacial score (nSPS) is 11.6. The molecule has 0 spiro atoms. The third kappa shape index (κ3) is 5.57. The van der Waals surface area contributed by atoms with Gasteiger partial charge in [0.1, 0.15) is 5.69 Å². The van der Waals surface area contributed by atoms with Crippen molar-refractivity contribution in [2.24, 2.45) is 0 Å². The summed E-state index contributed by atoms with van der Waals surface area (Å²) >= 11 is 0. The predicted molar refractivity (Wildman–Crippen MR) is 126 cm³/mol. The lowest BCUT2D eigenvalue weighted by molar-refractivity contribution is 0.0932. The standard InChI is InChI=1S/C26H26N4O3/c1-32-24-14-13-21(16-25(24)33-2)23-18-30(29-28-23)17-22(15-19-9-5-3-6-10-19)27-26(31)20-11-7-4-8-12-20/h3-14,16,18,22H,15,17H2,1-2H3,(H,27,31)/t22-/m0/s1. The number of aromatic nitrogens is 3. The minimum absolute atomic E-state index is 0.114. The van der Waals surface area contributed by atoms with Crippen LogP contribution in [0.5, 0.6) is 11.5 Å². The number of carbonyl (C=O) groups is 1. The molecule has 0 bridgehead atoms. The smallest absolute Gasteiger partial charge is 0.251 e. The molecule has 168 valence electrons. The average Bonchev–Trinajstić information content (AvgIpc) is 3.33. The van der Waals surface area contributed by atoms with Gasteiger partial charge in [0.15, 0.2) is 11.5 Å². The lowest BCUT2D eigenvalue weighted by Gasteiger charge is -2.19. The van der Waals surface area contributed by atoms with E-state index in [9.17, 15) is 4.79 Å². The third-order valence-corrected chi connectivity index (χ3v) is 5.32. The molecule has 0 saturated carbocycles. The zero-order valence-corrected chi connectivity index (χ0v) is 18.6. The number of carbonyl (C=O) groups excluding carboxylic acids is 1. The molecule has 1 aromatic heterocycles. The Kier molecular flexibility index (Phi) is 6.99. The molecular formula is C26H26N4O3. The summed E-state index contributed by atoms with van der Waals surface area (Å²) in [6.45, 7) is 0.480. The van der Waals surface area contributed by atoms with Gasteiger partial charge in [-0.15, -0.1) is 5.10 Å². The van der Waals surface area contributed by atoms with Gasteiger partial charge in [0, 0.05) is 11.1 Å². The van der Waals surface area contributed by atoms with Crippen LogP contribution < -0.4 is 14.8 Å². The summed E-state index contributed by atoms with van der Waals surface area (Å²) in [5.74, 6) is 1.17. The number of benzene rings is 3. The first-order valence-corrected chi connectivity index (χ1v) is 10.7. The van der Waals surface area contributed by atoms with Crippen LogP contribution in [0, 0.1) is 0 Å². The molecule has 1 N–H and O–H groups in total. The van der Waals surface area contributed by atoms with Crippen LogP contribution in [-0.4, -0.2) is 41.2 Å². The number of ether oxygens (including phenoxy) is 2. The highest BCUT2D eigenvalue weighted by molar-refractivity contribution is 5.94. The molecule has 4 rings (SSSR count). The quantitative estimate of drug-likeness (QED) is 0.424. The Morgan fingerprint density at radius 2 is 1.64 bits per heavy atom. The van der Waals surface area contributed by atoms with Gasteiger partial charge in [-0.25, -0.2) is 4.68 Å². The fourth-order valence-electron chi connectivity index (χ4n) is 3.66. The van der Waals surface area contributed by atoms with Crippen molar-refractivity contribution < 1.29 is 14.3 Å². The molecule has 1 atom stereocenters. The van der Waals surface area contributed by atoms with Crippen molar-refractivity contribution in [2.45, 2.75) is 19.0 Å². The highest BCUT2D eigenvalue weighted by atomic mass is 16.5. The van der Waals surface area contributed by atoms with Gasteiger partial charge in [-0.3, -0.25) is 4.79 Å². The average molecular weight is 443 g/mol. The number of methoxy groups -OCH3 is 2. The Balaban J connectivity index is 1.53. The molecule has 0 aliphatic heterocycles. The number of nitrogens with zero attached hydrogens (tertiary/aromatic N) is 3. The maximum Gasteiger partial charge on any atom is 0.251 e. The van der Waals surface area contributed by atoms with Crippen molar-refractivity contribution in [3.63, 3.8) is 0 Å². The Morgan fingerprint density at radius 3 is 2.33 bits per heavy atom. The molecule has 3 aromatic carbocycles. The molecule has 0 saturated heterocycles. The van der Waals surface area contributed by atoms with E-state index in [2.05, 4.69) is 27.8 Å². The first-order valence-electron chi connectivity index (χ1n) is 10.7. The van der Waals surface area contributed by atoms with Gasteiger partial charge < -0.3 is 14.8 Å². The van der Waals surface area contributed by atoms with Crippen LogP contribution in [0.4, 0.5) is 0 Å². The van der Waals surface area contributed by atoms with Crippen molar-refractivity contribution in [1.82, 2.24) is 20.3 Å². The molecule has 0 aliphatic rings. The fourth-order valence-corrected chi connectivity index (χ4v) is 3.66. The second-order valence-corrected chi connectivity index (χ2v) is 7.62. The first kappa shape index (κ1) is 22.1. The van der Waals surface area contributed by atoms with Crippen molar-refractivity contribution in [3.8, 4) is 22.8 Å². The Bertz CT molecular complexity index is 1190. The van der Waals surface area contributed by atoms with E-state index in [0.717, 1.165) is 11.1 Å². The van der Waals surface area contributed by atoms with Gasteiger partial charge in [-0.05, 0) is 42.3 Å². The van der Waals surface area contributed by atoms with Crippen LogP contribution in [0.1, 0.15) is 15.9 Å². The molecule has 7 heteroatoms. The minimum Gasteiger partial charge on any atom is -0.493 e. The van der Waals surface area contributed by atoms with Crippen LogP contribution >= 0.6 is 0 Å².